The van der Waals surface area contributed by atoms with E-state index < -0.39 is 0 Å². The molecule has 132 valence electrons. The summed E-state index contributed by atoms with van der Waals surface area (Å²) in [6, 6.07) is 9.33. The summed E-state index contributed by atoms with van der Waals surface area (Å²) in [5.74, 6) is -0.571. The number of nitrogens with one attached hydrogen (secondary N) is 2. The average Bonchev–Trinajstić information content (AvgIpc) is 2.62. The van der Waals surface area contributed by atoms with Crippen LogP contribution in [0.5, 0.6) is 0 Å². The Kier molecular flexibility index (Phi) is 6.34. The maximum atomic E-state index is 11.8. The Bertz CT molecular complexity index is 701. The normalized spacial score (nSPS) is 15.4. The molecule has 25 heavy (non-hydrogen) atoms. The summed E-state index contributed by atoms with van der Waals surface area (Å²) in [4.78, 5) is 14.0. The molecule has 2 rings (SSSR count). The van der Waals surface area contributed by atoms with Gasteiger partial charge in [-0.1, -0.05) is 12.1 Å². The maximum absolute atomic E-state index is 11.8. The van der Waals surface area contributed by atoms with Crippen molar-refractivity contribution in [3.63, 3.8) is 0 Å². The molecule has 0 radical (unpaired) electrons. The molecule has 1 aliphatic rings. The number of nitriles is 1. The summed E-state index contributed by atoms with van der Waals surface area (Å²) in [5.41, 5.74) is 9.57. The number of benzene rings is 1. The minimum absolute atomic E-state index is 0.0581. The Hall–Kier alpha value is -3.08. The number of carbonyl (C=O) groups is 1. The highest BCUT2D eigenvalue weighted by Crippen LogP contribution is 2.30. The van der Waals surface area contributed by atoms with Crippen molar-refractivity contribution < 1.29 is 9.53 Å². The number of hydrogen-bond acceptors (Lipinski definition) is 7. The van der Waals surface area contributed by atoms with Gasteiger partial charge in [-0.2, -0.15) is 10.4 Å². The molecule has 1 aromatic rings. The lowest BCUT2D eigenvalue weighted by molar-refractivity contribution is -0.148. The number of esters is 1. The standard InChI is InChI=1S/C17H22N6O2/c1-2-25-17(24)12-7-9-23(10-8-12)15-6-4-3-5-13(15)21-22-14(11-18)16(19)20/h3-6,12,21H,2,7-10H2,1H3,(H3,19,20)/b22-14+. The van der Waals surface area contributed by atoms with Crippen LogP contribution in [0.15, 0.2) is 29.4 Å². The van der Waals surface area contributed by atoms with Gasteiger partial charge in [-0.25, -0.2) is 0 Å². The second kappa shape index (κ2) is 8.68. The number of hydrogen-bond donors (Lipinski definition) is 3. The topological polar surface area (TPSA) is 128 Å². The van der Waals surface area contributed by atoms with Crippen molar-refractivity contribution in [1.29, 1.82) is 10.7 Å². The van der Waals surface area contributed by atoms with E-state index in [1.807, 2.05) is 31.2 Å². The first-order chi connectivity index (χ1) is 12.1. The van der Waals surface area contributed by atoms with Gasteiger partial charge < -0.3 is 15.4 Å². The third kappa shape index (κ3) is 4.70. The van der Waals surface area contributed by atoms with Crippen LogP contribution in [0.1, 0.15) is 19.8 Å². The molecule has 1 heterocycles. The number of nitrogens with two attached hydrogens (primary N) is 1. The van der Waals surface area contributed by atoms with Crippen molar-refractivity contribution in [2.45, 2.75) is 19.8 Å². The first-order valence-electron chi connectivity index (χ1n) is 8.15. The number of para-hydroxylation sites is 2. The number of piperidine rings is 1. The predicted octanol–water partition coefficient (Wildman–Crippen LogP) is 1.69. The maximum Gasteiger partial charge on any atom is 0.309 e. The molecule has 1 fully saturated rings. The van der Waals surface area contributed by atoms with Crippen molar-refractivity contribution in [1.82, 2.24) is 0 Å². The van der Waals surface area contributed by atoms with Gasteiger partial charge in [0.05, 0.1) is 23.9 Å². The number of amidine groups is 1. The number of carbonyl (C=O) groups excluding carboxylic acids is 1. The fourth-order valence-electron chi connectivity index (χ4n) is 2.72. The summed E-state index contributed by atoms with van der Waals surface area (Å²) in [5, 5.41) is 20.1. The molecule has 0 spiro atoms. The zero-order chi connectivity index (χ0) is 18.2. The molecule has 4 N–H and O–H groups in total. The minimum atomic E-state index is -0.386. The molecule has 8 nitrogen and oxygen atoms in total. The van der Waals surface area contributed by atoms with Gasteiger partial charge in [0.15, 0.2) is 5.84 Å². The summed E-state index contributed by atoms with van der Waals surface area (Å²) >= 11 is 0. The predicted molar refractivity (Wildman–Crippen MR) is 96.6 cm³/mol. The highest BCUT2D eigenvalue weighted by atomic mass is 16.5. The van der Waals surface area contributed by atoms with Gasteiger partial charge >= 0.3 is 5.97 Å². The molecule has 0 bridgehead atoms. The van der Waals surface area contributed by atoms with Crippen LogP contribution in [0.4, 0.5) is 11.4 Å². The van der Waals surface area contributed by atoms with Gasteiger partial charge in [0.1, 0.15) is 6.07 Å². The number of nitrogens with zero attached hydrogens (tertiary/aromatic N) is 3. The fraction of sp³-hybridized carbons (Fsp3) is 0.412. The van der Waals surface area contributed by atoms with E-state index in [9.17, 15) is 4.79 Å². The quantitative estimate of drug-likeness (QED) is 0.312. The monoisotopic (exact) mass is 342 g/mol. The fourth-order valence-corrected chi connectivity index (χ4v) is 2.72. The lowest BCUT2D eigenvalue weighted by Gasteiger charge is -2.33. The summed E-state index contributed by atoms with van der Waals surface area (Å²) in [6.45, 7) is 3.67. The molecular formula is C17H22N6O2. The first kappa shape index (κ1) is 18.3. The van der Waals surface area contributed by atoms with Crippen molar-refractivity contribution in [3.8, 4) is 6.07 Å². The van der Waals surface area contributed by atoms with Crippen LogP contribution in [-0.2, 0) is 9.53 Å². The highest BCUT2D eigenvalue weighted by molar-refractivity contribution is 6.45. The van der Waals surface area contributed by atoms with Crippen LogP contribution in [0.25, 0.3) is 0 Å². The SMILES string of the molecule is CCOC(=O)C1CCN(c2ccccc2N/N=C(\C#N)C(=N)N)CC1. The number of ether oxygens (including phenoxy) is 1. The molecule has 1 aromatic carbocycles. The summed E-state index contributed by atoms with van der Waals surface area (Å²) < 4.78 is 5.10. The lowest BCUT2D eigenvalue weighted by atomic mass is 9.96. The van der Waals surface area contributed by atoms with Crippen LogP contribution in [0, 0.1) is 22.7 Å². The van der Waals surface area contributed by atoms with Gasteiger partial charge in [-0.3, -0.25) is 15.6 Å². The van der Waals surface area contributed by atoms with Crippen LogP contribution in [-0.4, -0.2) is 37.2 Å². The van der Waals surface area contributed by atoms with Crippen LogP contribution < -0.4 is 16.1 Å². The largest absolute Gasteiger partial charge is 0.466 e. The molecule has 0 amide bonds. The minimum Gasteiger partial charge on any atom is -0.466 e. The molecule has 0 aliphatic carbocycles. The second-order valence-electron chi connectivity index (χ2n) is 5.63. The Morgan fingerprint density at radius 3 is 2.76 bits per heavy atom. The van der Waals surface area contributed by atoms with Crippen molar-refractivity contribution in [2.24, 2.45) is 16.8 Å². The Morgan fingerprint density at radius 1 is 1.48 bits per heavy atom. The van der Waals surface area contributed by atoms with Gasteiger partial charge in [0, 0.05) is 13.1 Å². The molecule has 0 unspecified atom stereocenters. The van der Waals surface area contributed by atoms with Crippen molar-refractivity contribution >= 4 is 28.9 Å². The second-order valence-corrected chi connectivity index (χ2v) is 5.63. The average molecular weight is 342 g/mol. The van der Waals surface area contributed by atoms with E-state index in [0.29, 0.717) is 12.3 Å². The molecule has 1 aliphatic heterocycles. The van der Waals surface area contributed by atoms with Crippen LogP contribution >= 0.6 is 0 Å². The lowest BCUT2D eigenvalue weighted by Crippen LogP contribution is -2.37. The molecule has 0 aromatic heterocycles. The van der Waals surface area contributed by atoms with E-state index in [1.54, 1.807) is 6.07 Å². The highest BCUT2D eigenvalue weighted by Gasteiger charge is 2.26. The number of rotatable bonds is 6. The number of hydrazone groups is 1. The Balaban J connectivity index is 2.08. The molecule has 1 saturated heterocycles. The van der Waals surface area contributed by atoms with Crippen LogP contribution in [0.3, 0.4) is 0 Å². The molecule has 0 saturated carbocycles. The smallest absolute Gasteiger partial charge is 0.309 e. The van der Waals surface area contributed by atoms with Gasteiger partial charge in [0.2, 0.25) is 5.71 Å². The molecular weight excluding hydrogens is 320 g/mol. The van der Waals surface area contributed by atoms with E-state index in [4.69, 9.17) is 21.1 Å². The van der Waals surface area contributed by atoms with E-state index in [1.165, 1.54) is 0 Å². The summed E-state index contributed by atoms with van der Waals surface area (Å²) in [6.07, 6.45) is 1.46. The van der Waals surface area contributed by atoms with Gasteiger partial charge in [-0.05, 0) is 31.9 Å². The third-order valence-electron chi connectivity index (χ3n) is 4.01. The van der Waals surface area contributed by atoms with E-state index >= 15 is 0 Å². The zero-order valence-electron chi connectivity index (χ0n) is 14.2. The van der Waals surface area contributed by atoms with E-state index in [0.717, 1.165) is 31.6 Å². The van der Waals surface area contributed by atoms with Crippen molar-refractivity contribution in [3.05, 3.63) is 24.3 Å². The Morgan fingerprint density at radius 2 is 2.16 bits per heavy atom. The summed E-state index contributed by atoms with van der Waals surface area (Å²) in [7, 11) is 0. The van der Waals surface area contributed by atoms with Crippen LogP contribution in [0.2, 0.25) is 0 Å². The van der Waals surface area contributed by atoms with Crippen molar-refractivity contribution in [2.75, 3.05) is 30.0 Å². The van der Waals surface area contributed by atoms with Gasteiger partial charge in [0.25, 0.3) is 0 Å². The molecule has 8 heteroatoms. The van der Waals surface area contributed by atoms with E-state index in [-0.39, 0.29) is 23.4 Å². The van der Waals surface area contributed by atoms with Gasteiger partial charge in [-0.15, -0.1) is 0 Å². The first-order valence-corrected chi connectivity index (χ1v) is 8.15. The third-order valence-corrected chi connectivity index (χ3v) is 4.01. The zero-order valence-corrected chi connectivity index (χ0v) is 14.2. The molecule has 0 atom stereocenters. The van der Waals surface area contributed by atoms with E-state index in [2.05, 4.69) is 15.4 Å². The Labute approximate surface area is 146 Å². The number of anilines is 2.